The van der Waals surface area contributed by atoms with Crippen molar-refractivity contribution in [3.05, 3.63) is 71.2 Å². The molecule has 1 unspecified atom stereocenters. The van der Waals surface area contributed by atoms with E-state index in [2.05, 4.69) is 15.3 Å². The molecule has 0 spiro atoms. The number of rotatable bonds is 4. The fraction of sp³-hybridized carbons (Fsp3) is 0.208. The SMILES string of the molecule is Cc1cccc(C(O)C(=O)Nc2ccc(-c3cn(C)c4nc(C)nc(N)c34)c(C)c2)c1. The van der Waals surface area contributed by atoms with Gasteiger partial charge in [-0.2, -0.15) is 0 Å². The Morgan fingerprint density at radius 2 is 1.87 bits per heavy atom. The van der Waals surface area contributed by atoms with Gasteiger partial charge in [0.25, 0.3) is 5.91 Å². The highest BCUT2D eigenvalue weighted by atomic mass is 16.3. The lowest BCUT2D eigenvalue weighted by Crippen LogP contribution is -2.20. The fourth-order valence-corrected chi connectivity index (χ4v) is 3.86. The highest BCUT2D eigenvalue weighted by Gasteiger charge is 2.19. The minimum atomic E-state index is -1.24. The number of nitrogen functional groups attached to an aromatic ring is 1. The molecule has 4 N–H and O–H groups in total. The van der Waals surface area contributed by atoms with Gasteiger partial charge in [-0.05, 0) is 49.6 Å². The van der Waals surface area contributed by atoms with Crippen molar-refractivity contribution in [2.24, 2.45) is 7.05 Å². The molecule has 1 atom stereocenters. The third-order valence-electron chi connectivity index (χ3n) is 5.35. The predicted molar refractivity (Wildman–Crippen MR) is 123 cm³/mol. The molecule has 0 fully saturated rings. The number of hydrogen-bond acceptors (Lipinski definition) is 5. The lowest BCUT2D eigenvalue weighted by molar-refractivity contribution is -0.124. The molecule has 0 saturated heterocycles. The van der Waals surface area contributed by atoms with Crippen molar-refractivity contribution >= 4 is 28.4 Å². The third-order valence-corrected chi connectivity index (χ3v) is 5.35. The van der Waals surface area contributed by atoms with Crippen LogP contribution >= 0.6 is 0 Å². The van der Waals surface area contributed by atoms with Crippen LogP contribution in [0.4, 0.5) is 11.5 Å². The summed E-state index contributed by atoms with van der Waals surface area (Å²) in [5, 5.41) is 14.0. The highest BCUT2D eigenvalue weighted by Crippen LogP contribution is 2.35. The molecular weight excluding hydrogens is 390 g/mol. The Morgan fingerprint density at radius 3 is 2.58 bits per heavy atom. The van der Waals surface area contributed by atoms with Gasteiger partial charge in [0.15, 0.2) is 6.10 Å². The fourth-order valence-electron chi connectivity index (χ4n) is 3.86. The van der Waals surface area contributed by atoms with Crippen LogP contribution in [-0.4, -0.2) is 25.5 Å². The maximum atomic E-state index is 12.5. The number of aliphatic hydroxyl groups is 1. The second-order valence-electron chi connectivity index (χ2n) is 7.84. The van der Waals surface area contributed by atoms with Crippen LogP contribution < -0.4 is 11.1 Å². The summed E-state index contributed by atoms with van der Waals surface area (Å²) in [5.74, 6) is 0.590. The van der Waals surface area contributed by atoms with Crippen molar-refractivity contribution in [3.8, 4) is 11.1 Å². The van der Waals surface area contributed by atoms with Crippen molar-refractivity contribution in [3.63, 3.8) is 0 Å². The van der Waals surface area contributed by atoms with Gasteiger partial charge in [0.05, 0.1) is 5.39 Å². The van der Waals surface area contributed by atoms with Crippen LogP contribution in [0.3, 0.4) is 0 Å². The monoisotopic (exact) mass is 415 g/mol. The Balaban J connectivity index is 1.64. The summed E-state index contributed by atoms with van der Waals surface area (Å²) in [6, 6.07) is 12.9. The molecule has 2 aromatic carbocycles. The van der Waals surface area contributed by atoms with Gasteiger partial charge >= 0.3 is 0 Å². The summed E-state index contributed by atoms with van der Waals surface area (Å²) in [5.41, 5.74) is 12.0. The predicted octanol–water partition coefficient (Wildman–Crippen LogP) is 3.81. The zero-order chi connectivity index (χ0) is 22.3. The van der Waals surface area contributed by atoms with Crippen LogP contribution in [0.5, 0.6) is 0 Å². The highest BCUT2D eigenvalue weighted by molar-refractivity contribution is 6.02. The number of aliphatic hydroxyl groups excluding tert-OH is 1. The largest absolute Gasteiger partial charge is 0.383 e. The zero-order valence-electron chi connectivity index (χ0n) is 18.0. The van der Waals surface area contributed by atoms with E-state index in [-0.39, 0.29) is 0 Å². The summed E-state index contributed by atoms with van der Waals surface area (Å²) in [6.45, 7) is 5.70. The lowest BCUT2D eigenvalue weighted by atomic mass is 10.00. The smallest absolute Gasteiger partial charge is 0.257 e. The third kappa shape index (κ3) is 3.87. The Morgan fingerprint density at radius 1 is 1.10 bits per heavy atom. The average molecular weight is 415 g/mol. The minimum absolute atomic E-state index is 0.441. The van der Waals surface area contributed by atoms with E-state index in [1.165, 1.54) is 0 Å². The van der Waals surface area contributed by atoms with E-state index in [9.17, 15) is 9.90 Å². The molecular formula is C24H25N5O2. The first-order valence-electron chi connectivity index (χ1n) is 10.00. The molecule has 7 heteroatoms. The van der Waals surface area contributed by atoms with Crippen molar-refractivity contribution in [2.75, 3.05) is 11.1 Å². The van der Waals surface area contributed by atoms with Gasteiger partial charge < -0.3 is 20.7 Å². The number of aromatic nitrogens is 3. The van der Waals surface area contributed by atoms with Crippen molar-refractivity contribution in [1.82, 2.24) is 14.5 Å². The molecule has 31 heavy (non-hydrogen) atoms. The van der Waals surface area contributed by atoms with Crippen LogP contribution in [0.25, 0.3) is 22.2 Å². The van der Waals surface area contributed by atoms with Gasteiger partial charge in [0.1, 0.15) is 17.3 Å². The van der Waals surface area contributed by atoms with Crippen LogP contribution in [-0.2, 0) is 11.8 Å². The van der Waals surface area contributed by atoms with E-state index in [1.807, 2.05) is 68.9 Å². The molecule has 0 aliphatic rings. The van der Waals surface area contributed by atoms with Crippen molar-refractivity contribution in [2.45, 2.75) is 26.9 Å². The van der Waals surface area contributed by atoms with Gasteiger partial charge in [-0.25, -0.2) is 9.97 Å². The first kappa shape index (κ1) is 20.6. The van der Waals surface area contributed by atoms with Gasteiger partial charge in [0.2, 0.25) is 0 Å². The number of carbonyl (C=O) groups excluding carboxylic acids is 1. The summed E-state index contributed by atoms with van der Waals surface area (Å²) >= 11 is 0. The number of amides is 1. The van der Waals surface area contributed by atoms with Crippen molar-refractivity contribution in [1.29, 1.82) is 0 Å². The number of aryl methyl sites for hydroxylation is 4. The molecule has 1 amide bonds. The molecule has 2 heterocycles. The van der Waals surface area contributed by atoms with Gasteiger partial charge in [0, 0.05) is 24.5 Å². The van der Waals surface area contributed by atoms with E-state index in [0.717, 1.165) is 33.3 Å². The summed E-state index contributed by atoms with van der Waals surface area (Å²) in [7, 11) is 1.92. The number of carbonyl (C=O) groups is 1. The number of nitrogens with zero attached hydrogens (tertiary/aromatic N) is 3. The van der Waals surface area contributed by atoms with E-state index >= 15 is 0 Å². The van der Waals surface area contributed by atoms with Gasteiger partial charge in [-0.3, -0.25) is 4.79 Å². The maximum Gasteiger partial charge on any atom is 0.257 e. The second-order valence-corrected chi connectivity index (χ2v) is 7.84. The van der Waals surface area contributed by atoms with E-state index < -0.39 is 12.0 Å². The normalized spacial score (nSPS) is 12.2. The van der Waals surface area contributed by atoms with Gasteiger partial charge in [-0.15, -0.1) is 0 Å². The first-order chi connectivity index (χ1) is 14.7. The van der Waals surface area contributed by atoms with E-state index in [1.54, 1.807) is 12.1 Å². The maximum absolute atomic E-state index is 12.5. The lowest BCUT2D eigenvalue weighted by Gasteiger charge is -2.14. The molecule has 4 rings (SSSR count). The molecule has 4 aromatic rings. The topological polar surface area (TPSA) is 106 Å². The quantitative estimate of drug-likeness (QED) is 0.470. The molecule has 2 aromatic heterocycles. The number of hydrogen-bond donors (Lipinski definition) is 3. The molecule has 0 bridgehead atoms. The number of nitrogens with two attached hydrogens (primary N) is 1. The van der Waals surface area contributed by atoms with Crippen LogP contribution in [0.2, 0.25) is 0 Å². The Bertz CT molecular complexity index is 1310. The Labute approximate surface area is 180 Å². The minimum Gasteiger partial charge on any atom is -0.383 e. The summed E-state index contributed by atoms with van der Waals surface area (Å²) in [6.07, 6.45) is 0.746. The van der Waals surface area contributed by atoms with E-state index in [0.29, 0.717) is 22.9 Å². The molecule has 7 nitrogen and oxygen atoms in total. The molecule has 0 radical (unpaired) electrons. The standard InChI is InChI=1S/C24H25N5O2/c1-13-6-5-7-16(10-13)21(30)24(31)28-17-8-9-18(14(2)11-17)19-12-29(4)23-20(19)22(25)26-15(3)27-23/h5-12,21,30H,1-4H3,(H,28,31)(H2,25,26,27). The second kappa shape index (κ2) is 7.85. The molecule has 0 aliphatic carbocycles. The van der Waals surface area contributed by atoms with Crippen LogP contribution in [0, 0.1) is 20.8 Å². The van der Waals surface area contributed by atoms with Crippen molar-refractivity contribution < 1.29 is 9.90 Å². The first-order valence-corrected chi connectivity index (χ1v) is 10.00. The molecule has 0 aliphatic heterocycles. The Kier molecular flexibility index (Phi) is 5.20. The van der Waals surface area contributed by atoms with Gasteiger partial charge in [-0.1, -0.05) is 35.9 Å². The summed E-state index contributed by atoms with van der Waals surface area (Å²) < 4.78 is 1.93. The molecule has 158 valence electrons. The van der Waals surface area contributed by atoms with Crippen LogP contribution in [0.15, 0.2) is 48.7 Å². The number of anilines is 2. The van der Waals surface area contributed by atoms with Crippen LogP contribution in [0.1, 0.15) is 28.6 Å². The number of nitrogens with one attached hydrogen (secondary N) is 1. The zero-order valence-corrected chi connectivity index (χ0v) is 18.0. The summed E-state index contributed by atoms with van der Waals surface area (Å²) in [4.78, 5) is 21.4. The number of benzene rings is 2. The number of fused-ring (bicyclic) bond motifs is 1. The Hall–Kier alpha value is -3.71. The van der Waals surface area contributed by atoms with E-state index in [4.69, 9.17) is 5.73 Å². The average Bonchev–Trinajstić information content (AvgIpc) is 3.04. The molecule has 0 saturated carbocycles.